The van der Waals surface area contributed by atoms with Crippen molar-refractivity contribution >= 4 is 29.3 Å². The average Bonchev–Trinajstić information content (AvgIpc) is 2.91. The molecule has 0 aliphatic carbocycles. The van der Waals surface area contributed by atoms with Gasteiger partial charge >= 0.3 is 5.97 Å². The molecule has 0 saturated carbocycles. The number of thioether (sulfide) groups is 1. The molecule has 7 nitrogen and oxygen atoms in total. The SMILES string of the molecule is O=C(O)CCC(=O)Nc1ccc(C2OC(CSc3ccccc3)CC(c3ccc(CO)cc3)O2)cc1. The number of hydrogen-bond acceptors (Lipinski definition) is 6. The van der Waals surface area contributed by atoms with Crippen LogP contribution in [0.3, 0.4) is 0 Å². The van der Waals surface area contributed by atoms with Gasteiger partial charge in [0.15, 0.2) is 6.29 Å². The van der Waals surface area contributed by atoms with Crippen molar-refractivity contribution in [3.8, 4) is 0 Å². The van der Waals surface area contributed by atoms with Gasteiger partial charge in [0.25, 0.3) is 0 Å². The first-order valence-corrected chi connectivity index (χ1v) is 12.8. The van der Waals surface area contributed by atoms with Gasteiger partial charge in [-0.1, -0.05) is 54.6 Å². The average molecular weight is 508 g/mol. The van der Waals surface area contributed by atoms with Gasteiger partial charge in [0, 0.05) is 34.7 Å². The Labute approximate surface area is 214 Å². The van der Waals surface area contributed by atoms with E-state index in [0.717, 1.165) is 22.4 Å². The van der Waals surface area contributed by atoms with Gasteiger partial charge in [0.1, 0.15) is 0 Å². The van der Waals surface area contributed by atoms with Crippen molar-refractivity contribution < 1.29 is 29.3 Å². The summed E-state index contributed by atoms with van der Waals surface area (Å²) in [5, 5.41) is 20.8. The molecular formula is C28H29NO6S. The minimum Gasteiger partial charge on any atom is -0.481 e. The second-order valence-corrected chi connectivity index (χ2v) is 9.63. The summed E-state index contributed by atoms with van der Waals surface area (Å²) in [5.74, 6) is -0.584. The van der Waals surface area contributed by atoms with Crippen LogP contribution in [0.15, 0.2) is 83.8 Å². The number of aliphatic hydroxyl groups excluding tert-OH is 1. The number of aliphatic carboxylic acids is 1. The van der Waals surface area contributed by atoms with Crippen molar-refractivity contribution in [2.45, 2.75) is 49.3 Å². The Bertz CT molecular complexity index is 1140. The number of carboxylic acid groups (broad SMARTS) is 1. The van der Waals surface area contributed by atoms with Crippen LogP contribution in [0.5, 0.6) is 0 Å². The van der Waals surface area contributed by atoms with Gasteiger partial charge in [-0.2, -0.15) is 0 Å². The highest BCUT2D eigenvalue weighted by Gasteiger charge is 2.32. The van der Waals surface area contributed by atoms with Crippen LogP contribution in [0, 0.1) is 0 Å². The number of rotatable bonds is 10. The third kappa shape index (κ3) is 7.41. The van der Waals surface area contributed by atoms with Crippen LogP contribution in [0.2, 0.25) is 0 Å². The number of aliphatic hydroxyl groups is 1. The largest absolute Gasteiger partial charge is 0.481 e. The first kappa shape index (κ1) is 25.9. The van der Waals surface area contributed by atoms with Crippen molar-refractivity contribution in [3.05, 3.63) is 95.6 Å². The molecule has 36 heavy (non-hydrogen) atoms. The summed E-state index contributed by atoms with van der Waals surface area (Å²) in [5.41, 5.74) is 3.28. The number of hydrogen-bond donors (Lipinski definition) is 3. The van der Waals surface area contributed by atoms with Crippen LogP contribution in [-0.4, -0.2) is 33.9 Å². The van der Waals surface area contributed by atoms with E-state index < -0.39 is 12.3 Å². The standard InChI is InChI=1S/C28H29NO6S/c30-17-19-6-8-20(9-7-19)25-16-23(18-36-24-4-2-1-3-5-24)34-28(35-25)21-10-12-22(13-11-21)29-26(31)14-15-27(32)33/h1-13,23,25,28,30H,14-18H2,(H,29,31)(H,32,33). The molecule has 3 aromatic carbocycles. The summed E-state index contributed by atoms with van der Waals surface area (Å²) in [6.45, 7) is -0.00687. The molecule has 1 saturated heterocycles. The highest BCUT2D eigenvalue weighted by molar-refractivity contribution is 7.99. The van der Waals surface area contributed by atoms with Gasteiger partial charge < -0.3 is 25.0 Å². The van der Waals surface area contributed by atoms with E-state index in [1.54, 1.807) is 23.9 Å². The lowest BCUT2D eigenvalue weighted by Crippen LogP contribution is -2.31. The van der Waals surface area contributed by atoms with Crippen LogP contribution >= 0.6 is 11.8 Å². The molecule has 1 fully saturated rings. The van der Waals surface area contributed by atoms with Gasteiger partial charge in [-0.05, 0) is 35.4 Å². The number of ether oxygens (including phenoxy) is 2. The van der Waals surface area contributed by atoms with Gasteiger partial charge in [0.2, 0.25) is 5.91 Å². The molecule has 0 bridgehead atoms. The fourth-order valence-electron chi connectivity index (χ4n) is 3.90. The van der Waals surface area contributed by atoms with Gasteiger partial charge in [-0.3, -0.25) is 9.59 Å². The predicted molar refractivity (Wildman–Crippen MR) is 138 cm³/mol. The van der Waals surface area contributed by atoms with Crippen molar-refractivity contribution in [1.82, 2.24) is 0 Å². The molecule has 3 unspecified atom stereocenters. The third-order valence-corrected chi connectivity index (χ3v) is 6.97. The molecular weight excluding hydrogens is 478 g/mol. The Kier molecular flexibility index (Phi) is 9.13. The first-order valence-electron chi connectivity index (χ1n) is 11.8. The zero-order chi connectivity index (χ0) is 25.3. The number of anilines is 1. The van der Waals surface area contributed by atoms with Gasteiger partial charge in [-0.15, -0.1) is 11.8 Å². The molecule has 3 aromatic rings. The maximum Gasteiger partial charge on any atom is 0.303 e. The van der Waals surface area contributed by atoms with Crippen molar-refractivity contribution in [2.75, 3.05) is 11.1 Å². The number of amides is 1. The minimum absolute atomic E-state index is 0.00687. The highest BCUT2D eigenvalue weighted by atomic mass is 32.2. The predicted octanol–water partition coefficient (Wildman–Crippen LogP) is 5.32. The molecule has 1 aliphatic rings. The second kappa shape index (κ2) is 12.7. The number of nitrogens with one attached hydrogen (secondary N) is 1. The zero-order valence-corrected chi connectivity index (χ0v) is 20.5. The summed E-state index contributed by atoms with van der Waals surface area (Å²) < 4.78 is 12.7. The summed E-state index contributed by atoms with van der Waals surface area (Å²) in [6.07, 6.45) is -0.397. The summed E-state index contributed by atoms with van der Waals surface area (Å²) in [6, 6.07) is 25.2. The molecule has 0 spiro atoms. The number of benzene rings is 3. The normalized spacial score (nSPS) is 19.5. The van der Waals surface area contributed by atoms with Crippen LogP contribution in [0.1, 0.15) is 48.3 Å². The highest BCUT2D eigenvalue weighted by Crippen LogP contribution is 2.39. The van der Waals surface area contributed by atoms with Crippen LogP contribution < -0.4 is 5.32 Å². The van der Waals surface area contributed by atoms with Gasteiger partial charge in [0.05, 0.1) is 25.2 Å². The monoisotopic (exact) mass is 507 g/mol. The molecule has 188 valence electrons. The minimum atomic E-state index is -1.01. The van der Waals surface area contributed by atoms with E-state index >= 15 is 0 Å². The lowest BCUT2D eigenvalue weighted by atomic mass is 10.0. The van der Waals surface area contributed by atoms with E-state index in [1.807, 2.05) is 54.6 Å². The van der Waals surface area contributed by atoms with Crippen molar-refractivity contribution in [1.29, 1.82) is 0 Å². The second-order valence-electron chi connectivity index (χ2n) is 8.54. The maximum atomic E-state index is 11.9. The Morgan fingerprint density at radius 2 is 1.58 bits per heavy atom. The summed E-state index contributed by atoms with van der Waals surface area (Å²) in [7, 11) is 0. The van der Waals surface area contributed by atoms with E-state index in [9.17, 15) is 14.7 Å². The van der Waals surface area contributed by atoms with Crippen LogP contribution in [0.4, 0.5) is 5.69 Å². The lowest BCUT2D eigenvalue weighted by Gasteiger charge is -2.36. The molecule has 4 rings (SSSR count). The number of carboxylic acids is 1. The summed E-state index contributed by atoms with van der Waals surface area (Å²) >= 11 is 1.74. The van der Waals surface area contributed by atoms with E-state index in [4.69, 9.17) is 14.6 Å². The van der Waals surface area contributed by atoms with E-state index in [2.05, 4.69) is 17.4 Å². The molecule has 3 N–H and O–H groups in total. The van der Waals surface area contributed by atoms with Crippen molar-refractivity contribution in [3.63, 3.8) is 0 Å². The topological polar surface area (TPSA) is 105 Å². The maximum absolute atomic E-state index is 11.9. The van der Waals surface area contributed by atoms with Crippen molar-refractivity contribution in [2.24, 2.45) is 0 Å². The van der Waals surface area contributed by atoms with E-state index in [1.165, 1.54) is 4.90 Å². The quantitative estimate of drug-likeness (QED) is 0.319. The smallest absolute Gasteiger partial charge is 0.303 e. The Morgan fingerprint density at radius 3 is 2.25 bits per heavy atom. The Hall–Kier alpha value is -3.17. The van der Waals surface area contributed by atoms with Crippen LogP contribution in [0.25, 0.3) is 0 Å². The Balaban J connectivity index is 1.46. The molecule has 0 aromatic heterocycles. The van der Waals surface area contributed by atoms with Crippen LogP contribution in [-0.2, 0) is 25.7 Å². The summed E-state index contributed by atoms with van der Waals surface area (Å²) in [4.78, 5) is 23.8. The van der Waals surface area contributed by atoms with E-state index in [0.29, 0.717) is 12.1 Å². The molecule has 3 atom stereocenters. The molecule has 8 heteroatoms. The molecule has 1 aliphatic heterocycles. The molecule has 1 heterocycles. The zero-order valence-electron chi connectivity index (χ0n) is 19.7. The lowest BCUT2D eigenvalue weighted by molar-refractivity contribution is -0.245. The Morgan fingerprint density at radius 1 is 0.889 bits per heavy atom. The fraction of sp³-hybridized carbons (Fsp3) is 0.286. The van der Waals surface area contributed by atoms with Gasteiger partial charge in [-0.25, -0.2) is 0 Å². The number of carbonyl (C=O) groups excluding carboxylic acids is 1. The molecule has 0 radical (unpaired) electrons. The first-order chi connectivity index (χ1) is 17.5. The fourth-order valence-corrected chi connectivity index (χ4v) is 4.84. The molecule has 1 amide bonds. The number of carbonyl (C=O) groups is 2. The van der Waals surface area contributed by atoms with E-state index in [-0.39, 0.29) is 37.6 Å². The third-order valence-electron chi connectivity index (χ3n) is 5.83.